The van der Waals surface area contributed by atoms with Crippen molar-refractivity contribution < 1.29 is 37.1 Å². The Balaban J connectivity index is 1.24. The first-order valence-electron chi connectivity index (χ1n) is 19.1. The molecule has 4 heterocycles. The van der Waals surface area contributed by atoms with Crippen LogP contribution in [0.1, 0.15) is 86.5 Å². The summed E-state index contributed by atoms with van der Waals surface area (Å²) in [7, 11) is -4.00. The van der Waals surface area contributed by atoms with E-state index >= 15 is 0 Å². The van der Waals surface area contributed by atoms with Crippen molar-refractivity contribution in [3.63, 3.8) is 0 Å². The summed E-state index contributed by atoms with van der Waals surface area (Å²) in [6, 6.07) is 5.35. The van der Waals surface area contributed by atoms with Crippen molar-refractivity contribution in [1.82, 2.24) is 34.6 Å². The van der Waals surface area contributed by atoms with E-state index < -0.39 is 73.8 Å². The Morgan fingerprint density at radius 3 is 2.56 bits per heavy atom. The van der Waals surface area contributed by atoms with Crippen molar-refractivity contribution in [1.29, 1.82) is 0 Å². The molecule has 15 nitrogen and oxygen atoms in total. The van der Waals surface area contributed by atoms with Crippen LogP contribution in [0.3, 0.4) is 0 Å². The molecular weight excluding hydrogens is 727 g/mol. The molecule has 1 aromatic carbocycles. The fourth-order valence-electron chi connectivity index (χ4n) is 7.86. The molecule has 296 valence electrons. The van der Waals surface area contributed by atoms with Gasteiger partial charge in [-0.05, 0) is 90.2 Å². The summed E-state index contributed by atoms with van der Waals surface area (Å²) >= 11 is 0. The average molecular weight is 778 g/mol. The number of alkyl carbamates (subject to hydrolysis) is 1. The second-order valence-electron chi connectivity index (χ2n) is 17.1. The molecule has 4 aliphatic rings. The Morgan fingerprint density at radius 1 is 1.09 bits per heavy atom. The lowest BCUT2D eigenvalue weighted by Gasteiger charge is -2.33. The molecule has 7 rings (SSSR count). The number of para-hydroxylation sites is 1. The van der Waals surface area contributed by atoms with E-state index in [0.29, 0.717) is 36.8 Å². The number of rotatable bonds is 6. The maximum absolute atomic E-state index is 14.8. The number of aromatic nitrogens is 3. The normalized spacial score (nSPS) is 30.3. The maximum atomic E-state index is 14.8. The van der Waals surface area contributed by atoms with Gasteiger partial charge in [0.05, 0.1) is 22.2 Å². The molecule has 1 saturated heterocycles. The first-order valence-corrected chi connectivity index (χ1v) is 20.6. The van der Waals surface area contributed by atoms with Crippen molar-refractivity contribution in [2.45, 2.75) is 121 Å². The van der Waals surface area contributed by atoms with Crippen molar-refractivity contribution in [2.75, 3.05) is 6.54 Å². The monoisotopic (exact) mass is 777 g/mol. The summed E-state index contributed by atoms with van der Waals surface area (Å²) in [6.45, 7) is 10.7. The van der Waals surface area contributed by atoms with E-state index in [9.17, 15) is 27.6 Å². The smallest absolute Gasteiger partial charge is 0.408 e. The van der Waals surface area contributed by atoms with Gasteiger partial charge < -0.3 is 25.0 Å². The van der Waals surface area contributed by atoms with E-state index in [0.717, 1.165) is 11.9 Å². The average Bonchev–Trinajstić information content (AvgIpc) is 3.89. The van der Waals surface area contributed by atoms with Gasteiger partial charge in [-0.15, -0.1) is 0 Å². The van der Waals surface area contributed by atoms with Gasteiger partial charge in [-0.3, -0.25) is 23.5 Å². The number of benzene rings is 1. The highest BCUT2D eigenvalue weighted by molar-refractivity contribution is 7.91. The van der Waals surface area contributed by atoms with Crippen molar-refractivity contribution >= 4 is 50.5 Å². The highest BCUT2D eigenvalue weighted by Gasteiger charge is 2.63. The maximum Gasteiger partial charge on any atom is 0.408 e. The molecule has 0 spiro atoms. The molecule has 3 aromatic rings. The number of allylic oxidation sites excluding steroid dienone is 1. The molecule has 2 aromatic heterocycles. The molecule has 3 N–H and O–H groups in total. The molecule has 2 aliphatic carbocycles. The first-order chi connectivity index (χ1) is 25.9. The van der Waals surface area contributed by atoms with Crippen LogP contribution in [-0.2, 0) is 29.1 Å². The Kier molecular flexibility index (Phi) is 9.87. The van der Waals surface area contributed by atoms with Gasteiger partial charge in [0.2, 0.25) is 33.5 Å². The number of imidazole rings is 1. The van der Waals surface area contributed by atoms with E-state index in [4.69, 9.17) is 9.47 Å². The standard InChI is InChI=1S/C39H51N7O8S/c1-23-11-7-8-12-25-21-39(25,34(49)44-55(51,52)38(6)15-16-38)43-31(47)29-20-26(53-32-27-13-9-10-14-28(27)45-18-17-40-35(45)42-32)22-46(29)33(48)30(24(2)19-23)41-36(50)54-37(3,4)5/h8-10,12-14,17-18,23-26,29-30H,7,11,15-16,19-22H2,1-6H3,(H,41,50)(H,43,47)(H,44,49)/b12-8-/t23-,24+,25?,26+,29-,30-,39+/m0/s1. The minimum Gasteiger partial charge on any atom is -0.472 e. The predicted octanol–water partition coefficient (Wildman–Crippen LogP) is 4.01. The molecule has 55 heavy (non-hydrogen) atoms. The molecule has 7 atom stereocenters. The lowest BCUT2D eigenvalue weighted by molar-refractivity contribution is -0.142. The second kappa shape index (κ2) is 14.1. The van der Waals surface area contributed by atoms with Gasteiger partial charge in [0.15, 0.2) is 0 Å². The number of hydrogen-bond donors (Lipinski definition) is 3. The summed E-state index contributed by atoms with van der Waals surface area (Å²) in [5.41, 5.74) is -1.55. The van der Waals surface area contributed by atoms with Crippen LogP contribution in [0.4, 0.5) is 4.79 Å². The lowest BCUT2D eigenvalue weighted by Crippen LogP contribution is -2.59. The number of fused-ring (bicyclic) bond motifs is 5. The topological polar surface area (TPSA) is 190 Å². The zero-order valence-corrected chi connectivity index (χ0v) is 33.0. The molecule has 0 bridgehead atoms. The number of sulfonamides is 1. The quantitative estimate of drug-likeness (QED) is 0.309. The zero-order chi connectivity index (χ0) is 39.5. The molecule has 4 amide bonds. The number of nitrogens with zero attached hydrogens (tertiary/aromatic N) is 4. The van der Waals surface area contributed by atoms with E-state index in [1.165, 1.54) is 4.90 Å². The molecule has 1 unspecified atom stereocenters. The Morgan fingerprint density at radius 2 is 1.84 bits per heavy atom. The third kappa shape index (κ3) is 7.74. The minimum absolute atomic E-state index is 0.0312. The SMILES string of the molecule is C[C@H]1CC/C=C\C2C[C@@]2(C(=O)NS(=O)(=O)C2(C)CC2)NC(=O)[C@@H]2C[C@@H](Oc3nc4nccn4c4ccccc34)CN2C(=O)[C@@H](NC(=O)OC(C)(C)C)[C@H](C)C1. The summed E-state index contributed by atoms with van der Waals surface area (Å²) < 4.78 is 41.6. The highest BCUT2D eigenvalue weighted by atomic mass is 32.2. The molecule has 3 fully saturated rings. The van der Waals surface area contributed by atoms with Crippen LogP contribution in [0.2, 0.25) is 0 Å². The highest BCUT2D eigenvalue weighted by Crippen LogP contribution is 2.47. The minimum atomic E-state index is -4.00. The molecule has 2 aliphatic heterocycles. The second-order valence-corrected chi connectivity index (χ2v) is 19.3. The summed E-state index contributed by atoms with van der Waals surface area (Å²) in [4.78, 5) is 66.9. The number of carbonyl (C=O) groups is 4. The lowest BCUT2D eigenvalue weighted by atomic mass is 9.88. The van der Waals surface area contributed by atoms with E-state index in [1.54, 1.807) is 40.1 Å². The number of amides is 4. The van der Waals surface area contributed by atoms with Crippen LogP contribution in [-0.4, -0.2) is 92.1 Å². The predicted molar refractivity (Wildman–Crippen MR) is 203 cm³/mol. The van der Waals surface area contributed by atoms with Crippen LogP contribution in [0.25, 0.3) is 16.7 Å². The number of carbonyl (C=O) groups excluding carboxylic acids is 4. The van der Waals surface area contributed by atoms with Gasteiger partial charge in [0.1, 0.15) is 29.3 Å². The van der Waals surface area contributed by atoms with Crippen LogP contribution in [0, 0.1) is 17.8 Å². The number of nitrogens with one attached hydrogen (secondary N) is 3. The zero-order valence-electron chi connectivity index (χ0n) is 32.2. The van der Waals surface area contributed by atoms with Gasteiger partial charge >= 0.3 is 6.09 Å². The van der Waals surface area contributed by atoms with Gasteiger partial charge in [0, 0.05) is 24.7 Å². The van der Waals surface area contributed by atoms with Crippen LogP contribution in [0.15, 0.2) is 48.8 Å². The van der Waals surface area contributed by atoms with Crippen LogP contribution >= 0.6 is 0 Å². The van der Waals surface area contributed by atoms with E-state index in [1.807, 2.05) is 47.7 Å². The largest absolute Gasteiger partial charge is 0.472 e. The van der Waals surface area contributed by atoms with Gasteiger partial charge in [0.25, 0.3) is 5.91 Å². The van der Waals surface area contributed by atoms with Gasteiger partial charge in [-0.25, -0.2) is 18.2 Å². The summed E-state index contributed by atoms with van der Waals surface area (Å²) in [5.74, 6) is -1.88. The number of hydrogen-bond acceptors (Lipinski definition) is 10. The fourth-order valence-corrected chi connectivity index (χ4v) is 9.17. The third-order valence-corrected chi connectivity index (χ3v) is 13.6. The molecule has 2 saturated carbocycles. The van der Waals surface area contributed by atoms with Crippen LogP contribution < -0.4 is 20.1 Å². The molecular formula is C39H51N7O8S. The van der Waals surface area contributed by atoms with Crippen molar-refractivity contribution in [3.05, 3.63) is 48.8 Å². The van der Waals surface area contributed by atoms with E-state index in [-0.39, 0.29) is 37.1 Å². The fraction of sp³-hybridized carbons (Fsp3) is 0.590. The van der Waals surface area contributed by atoms with Crippen LogP contribution in [0.5, 0.6) is 5.88 Å². The molecule has 0 radical (unpaired) electrons. The van der Waals surface area contributed by atoms with Gasteiger partial charge in [-0.2, -0.15) is 4.98 Å². The Labute approximate surface area is 321 Å². The van der Waals surface area contributed by atoms with Gasteiger partial charge in [-0.1, -0.05) is 38.1 Å². The number of ether oxygens (including phenoxy) is 2. The molecule has 16 heteroatoms. The first kappa shape index (κ1) is 38.5. The summed E-state index contributed by atoms with van der Waals surface area (Å²) in [6.07, 6.45) is 8.93. The van der Waals surface area contributed by atoms with Crippen molar-refractivity contribution in [3.8, 4) is 5.88 Å². The third-order valence-electron chi connectivity index (χ3n) is 11.4. The van der Waals surface area contributed by atoms with E-state index in [2.05, 4.69) is 32.2 Å². The summed E-state index contributed by atoms with van der Waals surface area (Å²) in [5, 5.41) is 6.43. The van der Waals surface area contributed by atoms with Crippen molar-refractivity contribution in [2.24, 2.45) is 17.8 Å². The Bertz CT molecular complexity index is 2160. The Hall–Kier alpha value is -4.73.